The lowest BCUT2D eigenvalue weighted by Crippen LogP contribution is -2.37. The topological polar surface area (TPSA) is 70.6 Å². The summed E-state index contributed by atoms with van der Waals surface area (Å²) < 4.78 is 26.4. The number of anilines is 1. The standard InChI is InChI=1S/C21H23Cl2N3O3S2/c1-14-5-10-17(23)20-19(14)24-21(30-20)26(12-4-11-25(2)3)18(27)13-31(28,29)16-8-6-15(22)7-9-16/h5-10H,4,11-13H2,1-3H3. The van der Waals surface area contributed by atoms with Gasteiger partial charge in [-0.15, -0.1) is 0 Å². The van der Waals surface area contributed by atoms with E-state index < -0.39 is 21.5 Å². The minimum atomic E-state index is -3.83. The van der Waals surface area contributed by atoms with E-state index in [4.69, 9.17) is 23.2 Å². The van der Waals surface area contributed by atoms with Gasteiger partial charge in [0.15, 0.2) is 15.0 Å². The molecule has 0 aliphatic rings. The number of nitrogens with zero attached hydrogens (tertiary/aromatic N) is 3. The van der Waals surface area contributed by atoms with Gasteiger partial charge in [0, 0.05) is 11.6 Å². The fraction of sp³-hybridized carbons (Fsp3) is 0.333. The van der Waals surface area contributed by atoms with Crippen molar-refractivity contribution in [3.63, 3.8) is 0 Å². The van der Waals surface area contributed by atoms with Gasteiger partial charge in [-0.25, -0.2) is 13.4 Å². The van der Waals surface area contributed by atoms with Crippen LogP contribution in [0.1, 0.15) is 12.0 Å². The number of fused-ring (bicyclic) bond motifs is 1. The van der Waals surface area contributed by atoms with E-state index >= 15 is 0 Å². The highest BCUT2D eigenvalue weighted by Crippen LogP contribution is 2.36. The predicted octanol–water partition coefficient (Wildman–Crippen LogP) is 4.67. The number of hydrogen-bond donors (Lipinski definition) is 0. The Balaban J connectivity index is 1.93. The van der Waals surface area contributed by atoms with Crippen molar-refractivity contribution < 1.29 is 13.2 Å². The maximum Gasteiger partial charge on any atom is 0.244 e. The van der Waals surface area contributed by atoms with E-state index in [9.17, 15) is 13.2 Å². The Morgan fingerprint density at radius 3 is 2.35 bits per heavy atom. The highest BCUT2D eigenvalue weighted by Gasteiger charge is 2.27. The molecule has 1 aromatic heterocycles. The highest BCUT2D eigenvalue weighted by molar-refractivity contribution is 7.92. The fourth-order valence-corrected chi connectivity index (χ4v) is 5.73. The second-order valence-corrected chi connectivity index (χ2v) is 11.3. The fourth-order valence-electron chi connectivity index (χ4n) is 3.04. The van der Waals surface area contributed by atoms with Gasteiger partial charge in [0.2, 0.25) is 5.91 Å². The zero-order chi connectivity index (χ0) is 22.8. The van der Waals surface area contributed by atoms with E-state index in [-0.39, 0.29) is 4.90 Å². The Morgan fingerprint density at radius 2 is 1.74 bits per heavy atom. The smallest absolute Gasteiger partial charge is 0.244 e. The molecule has 0 fully saturated rings. The molecule has 0 saturated heterocycles. The summed E-state index contributed by atoms with van der Waals surface area (Å²) in [6.07, 6.45) is 0.669. The summed E-state index contributed by atoms with van der Waals surface area (Å²) in [5.41, 5.74) is 1.66. The number of amides is 1. The highest BCUT2D eigenvalue weighted by atomic mass is 35.5. The predicted molar refractivity (Wildman–Crippen MR) is 128 cm³/mol. The van der Waals surface area contributed by atoms with Gasteiger partial charge < -0.3 is 4.90 Å². The maximum absolute atomic E-state index is 13.2. The number of benzene rings is 2. The van der Waals surface area contributed by atoms with Crippen molar-refractivity contribution in [3.05, 3.63) is 52.0 Å². The van der Waals surface area contributed by atoms with Crippen molar-refractivity contribution in [2.75, 3.05) is 37.8 Å². The van der Waals surface area contributed by atoms with Crippen LogP contribution in [0.25, 0.3) is 10.2 Å². The molecule has 0 bridgehead atoms. The molecule has 31 heavy (non-hydrogen) atoms. The molecule has 3 aromatic rings. The lowest BCUT2D eigenvalue weighted by atomic mass is 10.2. The number of thiazole rings is 1. The number of hydrogen-bond acceptors (Lipinski definition) is 6. The number of rotatable bonds is 8. The summed E-state index contributed by atoms with van der Waals surface area (Å²) >= 11 is 13.5. The van der Waals surface area contributed by atoms with Crippen molar-refractivity contribution in [2.24, 2.45) is 0 Å². The molecule has 0 spiro atoms. The van der Waals surface area contributed by atoms with Crippen LogP contribution >= 0.6 is 34.5 Å². The van der Waals surface area contributed by atoms with Crippen molar-refractivity contribution in [2.45, 2.75) is 18.2 Å². The molecule has 10 heteroatoms. The molecule has 0 aliphatic carbocycles. The van der Waals surface area contributed by atoms with Gasteiger partial charge in [-0.2, -0.15) is 0 Å². The van der Waals surface area contributed by atoms with E-state index in [0.717, 1.165) is 22.3 Å². The molecule has 2 aromatic carbocycles. The van der Waals surface area contributed by atoms with Crippen LogP contribution in [0, 0.1) is 6.92 Å². The largest absolute Gasteiger partial charge is 0.309 e. The third-order valence-electron chi connectivity index (χ3n) is 4.69. The first-order chi connectivity index (χ1) is 14.6. The third kappa shape index (κ3) is 5.75. The van der Waals surface area contributed by atoms with E-state index in [1.54, 1.807) is 6.07 Å². The van der Waals surface area contributed by atoms with E-state index in [1.807, 2.05) is 32.0 Å². The molecular formula is C21H23Cl2N3O3S2. The van der Waals surface area contributed by atoms with Gasteiger partial charge in [0.25, 0.3) is 0 Å². The zero-order valence-electron chi connectivity index (χ0n) is 17.4. The van der Waals surface area contributed by atoms with Crippen LogP contribution in [0.4, 0.5) is 5.13 Å². The van der Waals surface area contributed by atoms with Gasteiger partial charge >= 0.3 is 0 Å². The number of halogens is 2. The van der Waals surface area contributed by atoms with Crippen LogP contribution in [0.5, 0.6) is 0 Å². The van der Waals surface area contributed by atoms with Crippen molar-refractivity contribution in [1.82, 2.24) is 9.88 Å². The third-order valence-corrected chi connectivity index (χ3v) is 8.10. The van der Waals surface area contributed by atoms with Crippen LogP contribution in [0.15, 0.2) is 41.3 Å². The number of aromatic nitrogens is 1. The molecule has 0 atom stereocenters. The first-order valence-corrected chi connectivity index (χ1v) is 12.8. The molecule has 0 N–H and O–H groups in total. The van der Waals surface area contributed by atoms with Gasteiger partial charge in [-0.3, -0.25) is 9.69 Å². The van der Waals surface area contributed by atoms with Crippen LogP contribution in [-0.2, 0) is 14.6 Å². The normalized spacial score (nSPS) is 11.9. The van der Waals surface area contributed by atoms with Gasteiger partial charge in [0.1, 0.15) is 5.75 Å². The number of carbonyl (C=O) groups excluding carboxylic acids is 1. The number of aryl methyl sites for hydroxylation is 1. The Bertz CT molecular complexity index is 1150. The molecule has 166 valence electrons. The Hall–Kier alpha value is -1.71. The molecule has 1 heterocycles. The monoisotopic (exact) mass is 499 g/mol. The maximum atomic E-state index is 13.2. The molecule has 0 radical (unpaired) electrons. The SMILES string of the molecule is Cc1ccc(Cl)c2sc(N(CCCN(C)C)C(=O)CS(=O)(=O)c3ccc(Cl)cc3)nc12. The van der Waals surface area contributed by atoms with E-state index in [2.05, 4.69) is 4.98 Å². The van der Waals surface area contributed by atoms with Crippen molar-refractivity contribution in [1.29, 1.82) is 0 Å². The summed E-state index contributed by atoms with van der Waals surface area (Å²) in [6.45, 7) is 3.02. The second kappa shape index (κ2) is 9.83. The van der Waals surface area contributed by atoms with Crippen molar-refractivity contribution in [3.8, 4) is 0 Å². The summed E-state index contributed by atoms with van der Waals surface area (Å²) in [7, 11) is 0.0583. The summed E-state index contributed by atoms with van der Waals surface area (Å²) in [6, 6.07) is 9.46. The quantitative estimate of drug-likeness (QED) is 0.450. The zero-order valence-corrected chi connectivity index (χ0v) is 20.6. The molecule has 6 nitrogen and oxygen atoms in total. The Kier molecular flexibility index (Phi) is 7.59. The van der Waals surface area contributed by atoms with Crippen LogP contribution in [-0.4, -0.2) is 57.1 Å². The minimum absolute atomic E-state index is 0.0571. The number of carbonyl (C=O) groups is 1. The minimum Gasteiger partial charge on any atom is -0.309 e. The molecule has 0 saturated carbocycles. The van der Waals surface area contributed by atoms with E-state index in [1.165, 1.54) is 40.5 Å². The average Bonchev–Trinajstić information content (AvgIpc) is 3.14. The molecule has 3 rings (SSSR count). The molecule has 0 aliphatic heterocycles. The molecule has 1 amide bonds. The summed E-state index contributed by atoms with van der Waals surface area (Å²) in [4.78, 5) is 21.3. The van der Waals surface area contributed by atoms with Gasteiger partial charge in [-0.1, -0.05) is 40.6 Å². The first-order valence-electron chi connectivity index (χ1n) is 9.57. The molecule has 0 unspecified atom stereocenters. The summed E-state index contributed by atoms with van der Waals surface area (Å²) in [5, 5.41) is 1.43. The second-order valence-electron chi connectivity index (χ2n) is 7.45. The Morgan fingerprint density at radius 1 is 1.06 bits per heavy atom. The van der Waals surface area contributed by atoms with Gasteiger partial charge in [-0.05, 0) is 69.9 Å². The average molecular weight is 500 g/mol. The van der Waals surface area contributed by atoms with Crippen molar-refractivity contribution >= 4 is 65.6 Å². The van der Waals surface area contributed by atoms with Crippen LogP contribution in [0.3, 0.4) is 0 Å². The lowest BCUT2D eigenvalue weighted by molar-refractivity contribution is -0.116. The first kappa shape index (κ1) is 23.9. The summed E-state index contributed by atoms with van der Waals surface area (Å²) in [5.74, 6) is -1.18. The lowest BCUT2D eigenvalue weighted by Gasteiger charge is -2.21. The van der Waals surface area contributed by atoms with Gasteiger partial charge in [0.05, 0.1) is 20.1 Å². The molecular weight excluding hydrogens is 477 g/mol. The van der Waals surface area contributed by atoms with Crippen LogP contribution < -0.4 is 4.90 Å². The Labute approximate surface area is 196 Å². The van der Waals surface area contributed by atoms with E-state index in [0.29, 0.717) is 28.1 Å². The number of sulfone groups is 1. The van der Waals surface area contributed by atoms with Crippen LogP contribution in [0.2, 0.25) is 10.0 Å².